The van der Waals surface area contributed by atoms with Crippen molar-refractivity contribution in [3.8, 4) is 0 Å². The quantitative estimate of drug-likeness (QED) is 0.809. The predicted molar refractivity (Wildman–Crippen MR) is 73.3 cm³/mol. The molecule has 0 bridgehead atoms. The summed E-state index contributed by atoms with van der Waals surface area (Å²) in [5.41, 5.74) is 0. The Balaban J connectivity index is 1.76. The van der Waals surface area contributed by atoms with Gasteiger partial charge in [0, 0.05) is 24.1 Å². The van der Waals surface area contributed by atoms with Crippen molar-refractivity contribution in [3.63, 3.8) is 0 Å². The van der Waals surface area contributed by atoms with Crippen LogP contribution >= 0.6 is 11.8 Å². The molecule has 1 heterocycles. The van der Waals surface area contributed by atoms with Crippen LogP contribution in [0.2, 0.25) is 0 Å². The third-order valence-electron chi connectivity index (χ3n) is 3.97. The van der Waals surface area contributed by atoms with Gasteiger partial charge >= 0.3 is 0 Å². The first-order valence-corrected chi connectivity index (χ1v) is 8.04. The third-order valence-corrected chi connectivity index (χ3v) is 5.03. The maximum absolute atomic E-state index is 12.1. The summed E-state index contributed by atoms with van der Waals surface area (Å²) < 4.78 is 0. The van der Waals surface area contributed by atoms with Crippen LogP contribution < -0.4 is 10.6 Å². The molecular weight excluding hydrogens is 232 g/mol. The zero-order valence-electron chi connectivity index (χ0n) is 10.7. The van der Waals surface area contributed by atoms with Crippen LogP contribution in [0.3, 0.4) is 0 Å². The lowest BCUT2D eigenvalue weighted by molar-refractivity contribution is -0.123. The summed E-state index contributed by atoms with van der Waals surface area (Å²) in [6.45, 7) is 3.13. The van der Waals surface area contributed by atoms with E-state index in [1.165, 1.54) is 32.1 Å². The van der Waals surface area contributed by atoms with Crippen molar-refractivity contribution in [2.24, 2.45) is 5.92 Å². The maximum atomic E-state index is 12.1. The smallest absolute Gasteiger partial charge is 0.238 e. The number of carbonyl (C=O) groups is 1. The summed E-state index contributed by atoms with van der Waals surface area (Å²) in [4.78, 5) is 12.1. The van der Waals surface area contributed by atoms with Crippen LogP contribution in [-0.2, 0) is 4.79 Å². The molecule has 1 saturated carbocycles. The highest BCUT2D eigenvalue weighted by molar-refractivity contribution is 7.99. The summed E-state index contributed by atoms with van der Waals surface area (Å²) in [7, 11) is 0. The van der Waals surface area contributed by atoms with Crippen molar-refractivity contribution in [2.75, 3.05) is 18.1 Å². The molecule has 1 unspecified atom stereocenters. The Morgan fingerprint density at radius 3 is 2.76 bits per heavy atom. The standard InChI is InChI=1S/C13H24N2OS/c1-10(11-5-3-2-4-6-11)15-13(16)12-9-17-8-7-14-12/h10-12,14H,2-9H2,1H3,(H,15,16)/t10-,12?/m1/s1. The summed E-state index contributed by atoms with van der Waals surface area (Å²) in [6, 6.07) is 0.372. The van der Waals surface area contributed by atoms with E-state index in [9.17, 15) is 4.79 Å². The summed E-state index contributed by atoms with van der Waals surface area (Å²) in [6.07, 6.45) is 6.62. The van der Waals surface area contributed by atoms with Crippen molar-refractivity contribution >= 4 is 17.7 Å². The number of amides is 1. The molecule has 0 aromatic carbocycles. The Hall–Kier alpha value is -0.220. The highest BCUT2D eigenvalue weighted by atomic mass is 32.2. The second-order valence-electron chi connectivity index (χ2n) is 5.28. The summed E-state index contributed by atoms with van der Waals surface area (Å²) in [5, 5.41) is 6.50. The van der Waals surface area contributed by atoms with E-state index in [-0.39, 0.29) is 11.9 Å². The lowest BCUT2D eigenvalue weighted by Crippen LogP contribution is -2.52. The minimum absolute atomic E-state index is 0.0276. The normalized spacial score (nSPS) is 28.6. The molecular formula is C13H24N2OS. The molecule has 2 fully saturated rings. The predicted octanol–water partition coefficient (Wildman–Crippen LogP) is 1.78. The number of hydrogen-bond donors (Lipinski definition) is 2. The Bertz CT molecular complexity index is 248. The topological polar surface area (TPSA) is 41.1 Å². The first kappa shape index (κ1) is 13.2. The number of carbonyl (C=O) groups excluding carboxylic acids is 1. The van der Waals surface area contributed by atoms with Crippen LogP contribution in [0.5, 0.6) is 0 Å². The Kier molecular flexibility index (Phi) is 5.16. The fraction of sp³-hybridized carbons (Fsp3) is 0.923. The molecule has 2 aliphatic rings. The van der Waals surface area contributed by atoms with Gasteiger partial charge in [0.05, 0.1) is 6.04 Å². The molecule has 1 saturated heterocycles. The molecule has 0 aromatic rings. The van der Waals surface area contributed by atoms with Gasteiger partial charge in [-0.2, -0.15) is 11.8 Å². The Labute approximate surface area is 108 Å². The third kappa shape index (κ3) is 3.88. The van der Waals surface area contributed by atoms with E-state index in [2.05, 4.69) is 17.6 Å². The van der Waals surface area contributed by atoms with Crippen molar-refractivity contribution < 1.29 is 4.79 Å². The molecule has 2 N–H and O–H groups in total. The molecule has 0 aromatic heterocycles. The Morgan fingerprint density at radius 2 is 2.12 bits per heavy atom. The molecule has 1 amide bonds. The van der Waals surface area contributed by atoms with Crippen LogP contribution in [0.25, 0.3) is 0 Å². The maximum Gasteiger partial charge on any atom is 0.238 e. The van der Waals surface area contributed by atoms with Crippen LogP contribution in [0.4, 0.5) is 0 Å². The second-order valence-corrected chi connectivity index (χ2v) is 6.43. The monoisotopic (exact) mass is 256 g/mol. The first-order valence-electron chi connectivity index (χ1n) is 6.89. The number of hydrogen-bond acceptors (Lipinski definition) is 3. The molecule has 2 rings (SSSR count). The zero-order chi connectivity index (χ0) is 12.1. The van der Waals surface area contributed by atoms with Crippen LogP contribution in [0, 0.1) is 5.92 Å². The number of thioether (sulfide) groups is 1. The largest absolute Gasteiger partial charge is 0.352 e. The average Bonchev–Trinajstić information content (AvgIpc) is 2.40. The summed E-state index contributed by atoms with van der Waals surface area (Å²) in [5.74, 6) is 2.95. The van der Waals surface area contributed by atoms with Gasteiger partial charge in [0.1, 0.15) is 0 Å². The lowest BCUT2D eigenvalue weighted by atomic mass is 9.84. The van der Waals surface area contributed by atoms with E-state index in [0.29, 0.717) is 12.0 Å². The van der Waals surface area contributed by atoms with Gasteiger partial charge in [-0.3, -0.25) is 4.79 Å². The summed E-state index contributed by atoms with van der Waals surface area (Å²) >= 11 is 1.87. The molecule has 2 atom stereocenters. The van der Waals surface area contributed by atoms with E-state index in [4.69, 9.17) is 0 Å². The fourth-order valence-corrected chi connectivity index (χ4v) is 3.74. The lowest BCUT2D eigenvalue weighted by Gasteiger charge is -2.30. The SMILES string of the molecule is C[C@@H](NC(=O)C1CSCCN1)C1CCCCC1. The number of nitrogens with one attached hydrogen (secondary N) is 2. The second kappa shape index (κ2) is 6.64. The van der Waals surface area contributed by atoms with Gasteiger partial charge < -0.3 is 10.6 Å². The van der Waals surface area contributed by atoms with Crippen LogP contribution in [0.15, 0.2) is 0 Å². The van der Waals surface area contributed by atoms with Crippen molar-refractivity contribution in [1.82, 2.24) is 10.6 Å². The van der Waals surface area contributed by atoms with E-state index >= 15 is 0 Å². The molecule has 3 nitrogen and oxygen atoms in total. The van der Waals surface area contributed by atoms with Gasteiger partial charge in [0.15, 0.2) is 0 Å². The molecule has 17 heavy (non-hydrogen) atoms. The first-order chi connectivity index (χ1) is 8.27. The highest BCUT2D eigenvalue weighted by Crippen LogP contribution is 2.26. The zero-order valence-corrected chi connectivity index (χ0v) is 11.5. The van der Waals surface area contributed by atoms with E-state index in [0.717, 1.165) is 18.1 Å². The van der Waals surface area contributed by atoms with Crippen LogP contribution in [0.1, 0.15) is 39.0 Å². The molecule has 0 radical (unpaired) electrons. The fourth-order valence-electron chi connectivity index (χ4n) is 2.81. The van der Waals surface area contributed by atoms with Crippen molar-refractivity contribution in [3.05, 3.63) is 0 Å². The van der Waals surface area contributed by atoms with Crippen LogP contribution in [-0.4, -0.2) is 36.0 Å². The molecule has 4 heteroatoms. The van der Waals surface area contributed by atoms with E-state index in [1.807, 2.05) is 11.8 Å². The van der Waals surface area contributed by atoms with Crippen molar-refractivity contribution in [2.45, 2.75) is 51.1 Å². The molecule has 1 aliphatic carbocycles. The van der Waals surface area contributed by atoms with E-state index in [1.54, 1.807) is 0 Å². The average molecular weight is 256 g/mol. The van der Waals surface area contributed by atoms with Gasteiger partial charge in [0.2, 0.25) is 5.91 Å². The van der Waals surface area contributed by atoms with Gasteiger partial charge in [0.25, 0.3) is 0 Å². The molecule has 1 aliphatic heterocycles. The van der Waals surface area contributed by atoms with E-state index < -0.39 is 0 Å². The van der Waals surface area contributed by atoms with Gasteiger partial charge in [-0.1, -0.05) is 19.3 Å². The highest BCUT2D eigenvalue weighted by Gasteiger charge is 2.25. The molecule has 98 valence electrons. The van der Waals surface area contributed by atoms with Gasteiger partial charge in [-0.05, 0) is 25.7 Å². The van der Waals surface area contributed by atoms with Gasteiger partial charge in [-0.15, -0.1) is 0 Å². The minimum atomic E-state index is 0.0276. The van der Waals surface area contributed by atoms with Crippen molar-refractivity contribution in [1.29, 1.82) is 0 Å². The Morgan fingerprint density at radius 1 is 1.35 bits per heavy atom. The number of rotatable bonds is 3. The minimum Gasteiger partial charge on any atom is -0.352 e. The molecule has 0 spiro atoms. The van der Waals surface area contributed by atoms with Gasteiger partial charge in [-0.25, -0.2) is 0 Å².